The Morgan fingerprint density at radius 1 is 1.00 bits per heavy atom. The second kappa shape index (κ2) is 10.2. The van der Waals surface area contributed by atoms with Crippen molar-refractivity contribution in [1.29, 1.82) is 0 Å². The second-order valence-electron chi connectivity index (χ2n) is 9.71. The maximum Gasteiger partial charge on any atom is 0.410 e. The number of likely N-dealkylation sites (tertiary alicyclic amines) is 1. The predicted octanol–water partition coefficient (Wildman–Crippen LogP) is 4.47. The first-order valence-corrected chi connectivity index (χ1v) is 12.4. The van der Waals surface area contributed by atoms with E-state index in [4.69, 9.17) is 9.72 Å². The molecular weight excluding hydrogens is 445 g/mol. The number of halogens is 1. The zero-order valence-corrected chi connectivity index (χ0v) is 20.3. The number of hydrogen-bond donors (Lipinski definition) is 0. The summed E-state index contributed by atoms with van der Waals surface area (Å²) in [6, 6.07) is 14.5. The quantitative estimate of drug-likeness (QED) is 0.553. The molecule has 1 amide bonds. The number of aromatic nitrogens is 2. The lowest BCUT2D eigenvalue weighted by Gasteiger charge is -2.44. The summed E-state index contributed by atoms with van der Waals surface area (Å²) in [6.45, 7) is 7.98. The lowest BCUT2D eigenvalue weighted by atomic mass is 10.1. The summed E-state index contributed by atoms with van der Waals surface area (Å²) in [5, 5.41) is 0. The van der Waals surface area contributed by atoms with Crippen LogP contribution in [0.4, 0.5) is 15.0 Å². The fourth-order valence-corrected chi connectivity index (χ4v) is 5.21. The number of carbonyl (C=O) groups excluding carboxylic acids is 1. The van der Waals surface area contributed by atoms with Crippen LogP contribution in [0.2, 0.25) is 0 Å². The number of piperidine rings is 1. The number of nitrogens with zero attached hydrogens (tertiary/aromatic N) is 5. The van der Waals surface area contributed by atoms with Gasteiger partial charge in [0.15, 0.2) is 0 Å². The molecule has 0 radical (unpaired) electrons. The minimum absolute atomic E-state index is 0.00177. The van der Waals surface area contributed by atoms with Gasteiger partial charge in [-0.2, -0.15) is 0 Å². The number of anilines is 1. The highest BCUT2D eigenvalue weighted by molar-refractivity contribution is 5.75. The SMILES string of the molecule is C[C@@H]1CN(c2cnc3ccccc3n2)C[C@H](C)N1C(=O)OC1CCN(Cc2ccc(F)cc2)CC1. The molecule has 0 N–H and O–H groups in total. The predicted molar refractivity (Wildman–Crippen MR) is 134 cm³/mol. The maximum absolute atomic E-state index is 13.1. The van der Waals surface area contributed by atoms with Crippen molar-refractivity contribution in [3.8, 4) is 0 Å². The first kappa shape index (κ1) is 23.5. The van der Waals surface area contributed by atoms with Gasteiger partial charge in [-0.1, -0.05) is 24.3 Å². The largest absolute Gasteiger partial charge is 0.446 e. The number of piperazine rings is 1. The van der Waals surface area contributed by atoms with Crippen LogP contribution in [-0.2, 0) is 11.3 Å². The number of ether oxygens (including phenoxy) is 1. The van der Waals surface area contributed by atoms with E-state index < -0.39 is 0 Å². The molecule has 3 heterocycles. The summed E-state index contributed by atoms with van der Waals surface area (Å²) in [4.78, 5) is 28.8. The highest BCUT2D eigenvalue weighted by Crippen LogP contribution is 2.24. The Bertz CT molecular complexity index is 1150. The summed E-state index contributed by atoms with van der Waals surface area (Å²) in [5.74, 6) is 0.623. The van der Waals surface area contributed by atoms with Crippen LogP contribution in [0.3, 0.4) is 0 Å². The van der Waals surface area contributed by atoms with Gasteiger partial charge in [0, 0.05) is 32.7 Å². The number of amides is 1. The van der Waals surface area contributed by atoms with Crippen LogP contribution in [0.1, 0.15) is 32.3 Å². The fourth-order valence-electron chi connectivity index (χ4n) is 5.21. The van der Waals surface area contributed by atoms with Crippen molar-refractivity contribution in [3.63, 3.8) is 0 Å². The molecule has 2 aliphatic rings. The smallest absolute Gasteiger partial charge is 0.410 e. The molecular formula is C27H32FN5O2. The molecule has 7 nitrogen and oxygen atoms in total. The van der Waals surface area contributed by atoms with Crippen molar-refractivity contribution in [2.75, 3.05) is 31.1 Å². The number of benzene rings is 2. The molecule has 184 valence electrons. The Morgan fingerprint density at radius 3 is 2.34 bits per heavy atom. The van der Waals surface area contributed by atoms with Gasteiger partial charge in [0.25, 0.3) is 0 Å². The second-order valence-corrected chi connectivity index (χ2v) is 9.71. The molecule has 2 aliphatic heterocycles. The topological polar surface area (TPSA) is 61.8 Å². The number of hydrogen-bond acceptors (Lipinski definition) is 6. The van der Waals surface area contributed by atoms with Gasteiger partial charge in [-0.25, -0.2) is 14.2 Å². The molecule has 0 aliphatic carbocycles. The van der Waals surface area contributed by atoms with Crippen molar-refractivity contribution in [2.45, 2.75) is 51.4 Å². The number of para-hydroxylation sites is 2. The summed E-state index contributed by atoms with van der Waals surface area (Å²) in [5.41, 5.74) is 2.85. The number of rotatable bonds is 4. The molecule has 0 spiro atoms. The minimum atomic E-state index is -0.230. The van der Waals surface area contributed by atoms with Crippen LogP contribution in [0.25, 0.3) is 11.0 Å². The molecule has 35 heavy (non-hydrogen) atoms. The van der Waals surface area contributed by atoms with Gasteiger partial charge in [-0.3, -0.25) is 14.8 Å². The molecule has 2 aromatic carbocycles. The average molecular weight is 478 g/mol. The van der Waals surface area contributed by atoms with E-state index in [1.165, 1.54) is 12.1 Å². The van der Waals surface area contributed by atoms with Crippen LogP contribution in [0.15, 0.2) is 54.7 Å². The van der Waals surface area contributed by atoms with Gasteiger partial charge < -0.3 is 9.64 Å². The van der Waals surface area contributed by atoms with Crippen molar-refractivity contribution >= 4 is 22.9 Å². The van der Waals surface area contributed by atoms with Crippen molar-refractivity contribution in [3.05, 3.63) is 66.1 Å². The third-order valence-corrected chi connectivity index (χ3v) is 7.01. The third kappa shape index (κ3) is 5.37. The maximum atomic E-state index is 13.1. The Kier molecular flexibility index (Phi) is 6.81. The van der Waals surface area contributed by atoms with Gasteiger partial charge >= 0.3 is 6.09 Å². The molecule has 2 saturated heterocycles. The first-order chi connectivity index (χ1) is 17.0. The summed E-state index contributed by atoms with van der Waals surface area (Å²) in [6.07, 6.45) is 3.13. The minimum Gasteiger partial charge on any atom is -0.446 e. The van der Waals surface area contributed by atoms with Gasteiger partial charge in [0.1, 0.15) is 17.7 Å². The zero-order chi connectivity index (χ0) is 24.4. The Balaban J connectivity index is 1.14. The van der Waals surface area contributed by atoms with Crippen molar-refractivity contribution in [2.24, 2.45) is 0 Å². The van der Waals surface area contributed by atoms with E-state index in [1.807, 2.05) is 47.5 Å². The van der Waals surface area contributed by atoms with E-state index in [-0.39, 0.29) is 30.1 Å². The summed E-state index contributed by atoms with van der Waals surface area (Å²) in [7, 11) is 0. The van der Waals surface area contributed by atoms with Gasteiger partial charge in [-0.05, 0) is 56.5 Å². The van der Waals surface area contributed by atoms with Crippen molar-refractivity contribution in [1.82, 2.24) is 19.8 Å². The monoisotopic (exact) mass is 477 g/mol. The van der Waals surface area contributed by atoms with Crippen LogP contribution >= 0.6 is 0 Å². The standard InChI is InChI=1S/C27H32FN5O2/c1-19-16-32(26-15-29-24-5-3-4-6-25(24)30-26)17-20(2)33(19)27(34)35-23-11-13-31(14-12-23)18-21-7-9-22(28)10-8-21/h3-10,15,19-20,23H,11-14,16-18H2,1-2H3/t19-,20+. The average Bonchev–Trinajstić information content (AvgIpc) is 2.86. The van der Waals surface area contributed by atoms with E-state index in [1.54, 1.807) is 0 Å². The van der Waals surface area contributed by atoms with Gasteiger partial charge in [0.2, 0.25) is 0 Å². The molecule has 0 unspecified atom stereocenters. The van der Waals surface area contributed by atoms with Crippen LogP contribution in [0, 0.1) is 5.82 Å². The van der Waals surface area contributed by atoms with E-state index in [9.17, 15) is 9.18 Å². The van der Waals surface area contributed by atoms with E-state index in [0.717, 1.165) is 54.9 Å². The molecule has 2 atom stereocenters. The number of carbonyl (C=O) groups is 1. The lowest BCUT2D eigenvalue weighted by molar-refractivity contribution is 0.0100. The molecule has 1 aromatic heterocycles. The molecule has 8 heteroatoms. The zero-order valence-electron chi connectivity index (χ0n) is 20.3. The van der Waals surface area contributed by atoms with E-state index in [0.29, 0.717) is 13.1 Å². The third-order valence-electron chi connectivity index (χ3n) is 7.01. The molecule has 3 aromatic rings. The van der Waals surface area contributed by atoms with E-state index in [2.05, 4.69) is 28.6 Å². The van der Waals surface area contributed by atoms with Gasteiger partial charge in [-0.15, -0.1) is 0 Å². The summed E-state index contributed by atoms with van der Waals surface area (Å²) >= 11 is 0. The van der Waals surface area contributed by atoms with Crippen LogP contribution in [0.5, 0.6) is 0 Å². The van der Waals surface area contributed by atoms with Crippen LogP contribution < -0.4 is 4.90 Å². The Labute approximate surface area is 205 Å². The van der Waals surface area contributed by atoms with Crippen LogP contribution in [-0.4, -0.2) is 70.2 Å². The molecule has 0 bridgehead atoms. The summed E-state index contributed by atoms with van der Waals surface area (Å²) < 4.78 is 19.1. The molecule has 0 saturated carbocycles. The van der Waals surface area contributed by atoms with E-state index >= 15 is 0 Å². The molecule has 2 fully saturated rings. The normalized spacial score (nSPS) is 21.9. The molecule has 5 rings (SSSR count). The lowest BCUT2D eigenvalue weighted by Crippen LogP contribution is -2.59. The number of fused-ring (bicyclic) bond motifs is 1. The first-order valence-electron chi connectivity index (χ1n) is 12.4. The Morgan fingerprint density at radius 2 is 1.66 bits per heavy atom. The Hall–Kier alpha value is -3.26. The fraction of sp³-hybridized carbons (Fsp3) is 0.444. The highest BCUT2D eigenvalue weighted by atomic mass is 19.1. The van der Waals surface area contributed by atoms with Gasteiger partial charge in [0.05, 0.1) is 29.3 Å². The highest BCUT2D eigenvalue weighted by Gasteiger charge is 2.36. The van der Waals surface area contributed by atoms with Crippen molar-refractivity contribution < 1.29 is 13.9 Å².